The van der Waals surface area contributed by atoms with E-state index >= 15 is 0 Å². The second-order valence-electron chi connectivity index (χ2n) is 2.27. The van der Waals surface area contributed by atoms with Crippen LogP contribution in [0, 0.1) is 6.92 Å². The van der Waals surface area contributed by atoms with E-state index in [1.54, 1.807) is 12.3 Å². The van der Waals surface area contributed by atoms with E-state index in [1.165, 1.54) is 7.11 Å². The van der Waals surface area contributed by atoms with Crippen LogP contribution in [0.5, 0.6) is 0 Å². The van der Waals surface area contributed by atoms with Crippen LogP contribution in [0.1, 0.15) is 16.1 Å². The van der Waals surface area contributed by atoms with E-state index in [-0.39, 0.29) is 18.4 Å². The molecule has 0 aliphatic rings. The van der Waals surface area contributed by atoms with Crippen molar-refractivity contribution in [2.24, 2.45) is 0 Å². The summed E-state index contributed by atoms with van der Waals surface area (Å²) in [5, 5.41) is 0. The molecule has 0 unspecified atom stereocenters. The normalized spacial score (nSPS) is 8.50. The highest BCUT2D eigenvalue weighted by molar-refractivity contribution is 5.85. The van der Waals surface area contributed by atoms with Gasteiger partial charge in [0.15, 0.2) is 6.20 Å². The predicted molar refractivity (Wildman–Crippen MR) is 39.1 cm³/mol. The Morgan fingerprint density at radius 1 is 1.50 bits per heavy atom. The number of pyridine rings is 1. The molecule has 0 aliphatic carbocycles. The minimum absolute atomic E-state index is 0. The van der Waals surface area contributed by atoms with Crippen LogP contribution in [0.4, 0.5) is 0 Å². The van der Waals surface area contributed by atoms with Gasteiger partial charge in [0.05, 0.1) is 7.11 Å². The fourth-order valence-electron chi connectivity index (χ4n) is 0.740. The van der Waals surface area contributed by atoms with E-state index in [1.807, 2.05) is 13.0 Å². The van der Waals surface area contributed by atoms with Gasteiger partial charge in [-0.1, -0.05) is 0 Å². The number of methoxy groups -OCH3 is 1. The molecule has 0 radical (unpaired) electrons. The molecule has 4 heteroatoms. The Balaban J connectivity index is 0.00000121. The van der Waals surface area contributed by atoms with Crippen molar-refractivity contribution in [3.05, 3.63) is 29.6 Å². The molecule has 66 valence electrons. The van der Waals surface area contributed by atoms with Crippen LogP contribution in [0.3, 0.4) is 0 Å². The van der Waals surface area contributed by atoms with Crippen molar-refractivity contribution < 1.29 is 26.9 Å². The van der Waals surface area contributed by atoms with Crippen molar-refractivity contribution in [3.63, 3.8) is 0 Å². The van der Waals surface area contributed by atoms with Gasteiger partial charge in [0.1, 0.15) is 0 Å². The van der Waals surface area contributed by atoms with Crippen LogP contribution >= 0.6 is 0 Å². The molecular weight excluding hydrogens is 178 g/mol. The molecule has 0 fully saturated rings. The first kappa shape index (κ1) is 10.9. The highest BCUT2D eigenvalue weighted by atomic mass is 35.5. The number of hydrogen-bond donors (Lipinski definition) is 0. The quantitative estimate of drug-likeness (QED) is 0.460. The van der Waals surface area contributed by atoms with E-state index < -0.39 is 0 Å². The molecule has 0 amide bonds. The van der Waals surface area contributed by atoms with E-state index in [0.29, 0.717) is 5.69 Å². The van der Waals surface area contributed by atoms with E-state index in [0.717, 1.165) is 5.56 Å². The van der Waals surface area contributed by atoms with Gasteiger partial charge >= 0.3 is 5.97 Å². The van der Waals surface area contributed by atoms with Gasteiger partial charge in [-0.3, -0.25) is 0 Å². The number of H-pyrrole nitrogens is 1. The van der Waals surface area contributed by atoms with Gasteiger partial charge in [0.2, 0.25) is 0 Å². The summed E-state index contributed by atoms with van der Waals surface area (Å²) < 4.78 is 4.51. The molecule has 3 nitrogen and oxygen atoms in total. The average molecular weight is 188 g/mol. The first-order valence-electron chi connectivity index (χ1n) is 3.30. The van der Waals surface area contributed by atoms with E-state index in [2.05, 4.69) is 9.72 Å². The summed E-state index contributed by atoms with van der Waals surface area (Å²) in [7, 11) is 1.36. The van der Waals surface area contributed by atoms with Crippen LogP contribution in [-0.2, 0) is 4.74 Å². The van der Waals surface area contributed by atoms with Crippen LogP contribution in [0.15, 0.2) is 18.3 Å². The zero-order valence-corrected chi connectivity index (χ0v) is 7.68. The Morgan fingerprint density at radius 2 is 2.17 bits per heavy atom. The molecule has 0 bridgehead atoms. The smallest absolute Gasteiger partial charge is 0.403 e. The van der Waals surface area contributed by atoms with Crippen molar-refractivity contribution in [1.82, 2.24) is 0 Å². The molecule has 1 aromatic heterocycles. The summed E-state index contributed by atoms with van der Waals surface area (Å²) in [6.45, 7) is 1.94. The minimum atomic E-state index is -0.343. The molecule has 1 heterocycles. The first-order valence-corrected chi connectivity index (χ1v) is 3.30. The molecule has 0 atom stereocenters. The Labute approximate surface area is 77.2 Å². The number of esters is 1. The Hall–Kier alpha value is -1.09. The highest BCUT2D eigenvalue weighted by Gasteiger charge is 2.11. The third-order valence-electron chi connectivity index (χ3n) is 1.37. The van der Waals surface area contributed by atoms with E-state index in [4.69, 9.17) is 0 Å². The predicted octanol–water partition coefficient (Wildman–Crippen LogP) is -2.40. The summed E-state index contributed by atoms with van der Waals surface area (Å²) in [4.78, 5) is 13.7. The summed E-state index contributed by atoms with van der Waals surface area (Å²) in [6, 6.07) is 3.55. The molecule has 0 aliphatic heterocycles. The molecule has 0 aromatic carbocycles. The van der Waals surface area contributed by atoms with Crippen LogP contribution in [-0.4, -0.2) is 13.1 Å². The van der Waals surface area contributed by atoms with Crippen molar-refractivity contribution in [1.29, 1.82) is 0 Å². The monoisotopic (exact) mass is 187 g/mol. The van der Waals surface area contributed by atoms with Gasteiger partial charge < -0.3 is 17.1 Å². The number of carbonyl (C=O) groups is 1. The number of aryl methyl sites for hydroxylation is 1. The lowest BCUT2D eigenvalue weighted by atomic mass is 10.3. The topological polar surface area (TPSA) is 40.4 Å². The fourth-order valence-corrected chi connectivity index (χ4v) is 0.740. The number of carbonyl (C=O) groups excluding carboxylic acids is 1. The molecule has 0 spiro atoms. The minimum Gasteiger partial charge on any atom is -1.00 e. The van der Waals surface area contributed by atoms with Crippen molar-refractivity contribution in [2.45, 2.75) is 6.92 Å². The van der Waals surface area contributed by atoms with Gasteiger partial charge in [-0.2, -0.15) is 0 Å². The number of hydrogen-bond acceptors (Lipinski definition) is 2. The Morgan fingerprint density at radius 3 is 2.58 bits per heavy atom. The molecule has 1 rings (SSSR count). The van der Waals surface area contributed by atoms with Crippen molar-refractivity contribution >= 4 is 5.97 Å². The number of halogens is 1. The first-order chi connectivity index (χ1) is 5.24. The lowest BCUT2D eigenvalue weighted by Gasteiger charge is -1.91. The summed E-state index contributed by atoms with van der Waals surface area (Å²) in [5.74, 6) is -0.343. The molecule has 1 N–H and O–H groups in total. The number of ether oxygens (including phenoxy) is 1. The second kappa shape index (κ2) is 4.72. The number of rotatable bonds is 1. The largest absolute Gasteiger partial charge is 1.00 e. The lowest BCUT2D eigenvalue weighted by Crippen LogP contribution is -3.00. The number of aromatic nitrogens is 1. The SMILES string of the molecule is COC(=O)c1ccc(C)c[nH+]1.[Cl-]. The van der Waals surface area contributed by atoms with Crippen molar-refractivity contribution in [2.75, 3.05) is 7.11 Å². The molecule has 12 heavy (non-hydrogen) atoms. The lowest BCUT2D eigenvalue weighted by molar-refractivity contribution is -0.384. The maximum absolute atomic E-state index is 10.9. The van der Waals surface area contributed by atoms with Crippen molar-refractivity contribution in [3.8, 4) is 0 Å². The summed E-state index contributed by atoms with van der Waals surface area (Å²) >= 11 is 0. The molecule has 1 aromatic rings. The molecular formula is C8H10ClNO2. The van der Waals surface area contributed by atoms with E-state index in [9.17, 15) is 4.79 Å². The average Bonchev–Trinajstić information content (AvgIpc) is 2.05. The maximum atomic E-state index is 10.9. The number of nitrogens with one attached hydrogen (secondary N) is 1. The Kier molecular flexibility index (Phi) is 4.29. The summed E-state index contributed by atoms with van der Waals surface area (Å²) in [5.41, 5.74) is 1.55. The van der Waals surface area contributed by atoms with Gasteiger partial charge in [-0.15, -0.1) is 0 Å². The zero-order chi connectivity index (χ0) is 8.27. The number of aromatic amines is 1. The molecule has 0 saturated heterocycles. The summed E-state index contributed by atoms with van der Waals surface area (Å²) in [6.07, 6.45) is 1.76. The maximum Gasteiger partial charge on any atom is 0.403 e. The Bertz CT molecular complexity index is 258. The van der Waals surface area contributed by atoms with Crippen LogP contribution in [0.25, 0.3) is 0 Å². The zero-order valence-electron chi connectivity index (χ0n) is 6.93. The standard InChI is InChI=1S/C8H9NO2.ClH/c1-6-3-4-7(9-5-6)8(10)11-2;/h3-5H,1-2H3;1H. The fraction of sp³-hybridized carbons (Fsp3) is 0.250. The van der Waals surface area contributed by atoms with Crippen LogP contribution in [0.2, 0.25) is 0 Å². The second-order valence-corrected chi connectivity index (χ2v) is 2.27. The third-order valence-corrected chi connectivity index (χ3v) is 1.37. The van der Waals surface area contributed by atoms with Gasteiger partial charge in [-0.05, 0) is 13.0 Å². The van der Waals surface area contributed by atoms with Gasteiger partial charge in [-0.25, -0.2) is 9.78 Å². The van der Waals surface area contributed by atoms with Gasteiger partial charge in [0, 0.05) is 11.6 Å². The third kappa shape index (κ3) is 2.51. The van der Waals surface area contributed by atoms with Crippen LogP contribution < -0.4 is 17.4 Å². The van der Waals surface area contributed by atoms with Gasteiger partial charge in [0.25, 0.3) is 5.69 Å². The molecule has 0 saturated carbocycles. The highest BCUT2D eigenvalue weighted by Crippen LogP contribution is 1.94.